The molecule has 0 aliphatic heterocycles. The molecule has 0 aromatic carbocycles. The van der Waals surface area contributed by atoms with E-state index in [1.165, 1.54) is 0 Å². The second kappa shape index (κ2) is 3.72. The normalized spacial score (nSPS) is 15.9. The molecule has 14 heavy (non-hydrogen) atoms. The Kier molecular flexibility index (Phi) is 3.96. The van der Waals surface area contributed by atoms with Crippen LogP contribution in [0.15, 0.2) is 0 Å². The molecule has 0 radical (unpaired) electrons. The summed E-state index contributed by atoms with van der Waals surface area (Å²) in [4.78, 5) is 0. The van der Waals surface area contributed by atoms with Crippen molar-refractivity contribution in [3.8, 4) is 0 Å². The molecular formula is C13H29Bi. The van der Waals surface area contributed by atoms with Crippen molar-refractivity contribution in [1.82, 2.24) is 0 Å². The van der Waals surface area contributed by atoms with Gasteiger partial charge in [0.15, 0.2) is 0 Å². The Bertz CT molecular complexity index is 159. The second-order valence-electron chi connectivity index (χ2n) is 7.56. The number of hydrogen-bond donors (Lipinski definition) is 0. The molecule has 0 amide bonds. The molecule has 86 valence electrons. The van der Waals surface area contributed by atoms with Crippen molar-refractivity contribution in [1.29, 1.82) is 0 Å². The Labute approximate surface area is 106 Å². The molecule has 0 N–H and O–H groups in total. The zero-order valence-corrected chi connectivity index (χ0v) is 16.1. The van der Waals surface area contributed by atoms with E-state index in [0.29, 0.717) is 19.4 Å². The van der Waals surface area contributed by atoms with Crippen LogP contribution in [0.25, 0.3) is 0 Å². The first-order chi connectivity index (χ1) is 5.75. The Morgan fingerprint density at radius 3 is 0.643 bits per heavy atom. The van der Waals surface area contributed by atoms with Crippen LogP contribution in [0.5, 0.6) is 0 Å². The van der Waals surface area contributed by atoms with Gasteiger partial charge >= 0.3 is 106 Å². The summed E-state index contributed by atoms with van der Waals surface area (Å²) in [5.41, 5.74) is 1.19. The molecule has 0 unspecified atom stereocenters. The Morgan fingerprint density at radius 1 is 0.500 bits per heavy atom. The maximum atomic E-state index is 2.41. The maximum absolute atomic E-state index is 2.41. The van der Waals surface area contributed by atoms with Gasteiger partial charge in [-0.3, -0.25) is 0 Å². The third-order valence-corrected chi connectivity index (χ3v) is 13.6. The molecule has 0 saturated heterocycles. The van der Waals surface area contributed by atoms with Crippen molar-refractivity contribution < 1.29 is 0 Å². The minimum atomic E-state index is 0.397. The molecule has 0 aliphatic rings. The van der Waals surface area contributed by atoms with Crippen LogP contribution in [0.4, 0.5) is 0 Å². The fraction of sp³-hybridized carbons (Fsp3) is 1.00. The topological polar surface area (TPSA) is 0 Å². The SMILES string of the molecule is CC(C)(C)[C]([BiH2])(C(C)(C)C)C(C)(C)C. The third-order valence-electron chi connectivity index (χ3n) is 3.55. The minimum absolute atomic E-state index is 0.397. The zero-order valence-electron chi connectivity index (χ0n) is 11.6. The molecule has 0 aliphatic carbocycles. The summed E-state index contributed by atoms with van der Waals surface area (Å²) in [5, 5.41) is 0. The number of hydrogen-bond acceptors (Lipinski definition) is 0. The van der Waals surface area contributed by atoms with Crippen LogP contribution in [-0.2, 0) is 0 Å². The summed E-state index contributed by atoms with van der Waals surface area (Å²) in [6.45, 7) is 21.7. The second-order valence-corrected chi connectivity index (χ2v) is 10.9. The van der Waals surface area contributed by atoms with E-state index in [-0.39, 0.29) is 0 Å². The molecular weight excluding hydrogens is 365 g/mol. The Hall–Kier alpha value is 0.883. The van der Waals surface area contributed by atoms with Crippen molar-refractivity contribution in [2.75, 3.05) is 0 Å². The van der Waals surface area contributed by atoms with Gasteiger partial charge in [0.05, 0.1) is 0 Å². The summed E-state index contributed by atoms with van der Waals surface area (Å²) >= 11 is 1.01. The Morgan fingerprint density at radius 2 is 0.643 bits per heavy atom. The van der Waals surface area contributed by atoms with Gasteiger partial charge < -0.3 is 0 Å². The van der Waals surface area contributed by atoms with Gasteiger partial charge in [-0.15, -0.1) is 0 Å². The average molecular weight is 394 g/mol. The summed E-state index contributed by atoms with van der Waals surface area (Å²) in [6, 6.07) is 0. The van der Waals surface area contributed by atoms with Gasteiger partial charge in [-0.2, -0.15) is 0 Å². The van der Waals surface area contributed by atoms with Gasteiger partial charge in [-0.1, -0.05) is 0 Å². The van der Waals surface area contributed by atoms with Crippen LogP contribution in [0.3, 0.4) is 0 Å². The van der Waals surface area contributed by atoms with Crippen molar-refractivity contribution in [3.63, 3.8) is 0 Å². The molecule has 0 saturated carbocycles. The molecule has 0 aromatic heterocycles. The van der Waals surface area contributed by atoms with Gasteiger partial charge in [-0.05, 0) is 0 Å². The van der Waals surface area contributed by atoms with Crippen LogP contribution in [0, 0.1) is 16.2 Å². The van der Waals surface area contributed by atoms with Gasteiger partial charge in [0.1, 0.15) is 0 Å². The van der Waals surface area contributed by atoms with Crippen LogP contribution in [0.1, 0.15) is 62.3 Å². The zero-order chi connectivity index (χ0) is 12.0. The molecule has 0 spiro atoms. The van der Waals surface area contributed by atoms with Crippen molar-refractivity contribution in [3.05, 3.63) is 0 Å². The van der Waals surface area contributed by atoms with E-state index in [0.717, 1.165) is 24.7 Å². The van der Waals surface area contributed by atoms with Gasteiger partial charge in [-0.25, -0.2) is 0 Å². The molecule has 0 rings (SSSR count). The van der Waals surface area contributed by atoms with Crippen LogP contribution < -0.4 is 0 Å². The predicted molar refractivity (Wildman–Crippen MR) is 69.6 cm³/mol. The monoisotopic (exact) mass is 394 g/mol. The molecule has 0 aromatic rings. The first-order valence-electron chi connectivity index (χ1n) is 5.54. The van der Waals surface area contributed by atoms with Gasteiger partial charge in [0, 0.05) is 0 Å². The van der Waals surface area contributed by atoms with Gasteiger partial charge in [0.25, 0.3) is 0 Å². The van der Waals surface area contributed by atoms with E-state index in [1.807, 2.05) is 0 Å². The van der Waals surface area contributed by atoms with E-state index >= 15 is 0 Å². The summed E-state index contributed by atoms with van der Waals surface area (Å²) in [7, 11) is 0. The molecule has 0 fully saturated rings. The standard InChI is InChI=1S/C13H27.Bi.2H/c1-11(2,3)10(12(4,5)6)13(7,8)9;;;/h1-9H3;;;. The van der Waals surface area contributed by atoms with Crippen molar-refractivity contribution in [2.45, 2.75) is 65.4 Å². The summed E-state index contributed by atoms with van der Waals surface area (Å²) in [6.07, 6.45) is 0. The van der Waals surface area contributed by atoms with E-state index in [2.05, 4.69) is 62.3 Å². The molecule has 0 atom stereocenters. The Balaban J connectivity index is 5.54. The quantitative estimate of drug-likeness (QED) is 0.547. The summed E-state index contributed by atoms with van der Waals surface area (Å²) in [5.74, 6) is 0. The van der Waals surface area contributed by atoms with Crippen molar-refractivity contribution >= 4 is 24.7 Å². The van der Waals surface area contributed by atoms with E-state index in [9.17, 15) is 0 Å². The number of rotatable bonds is 0. The molecule has 0 nitrogen and oxygen atoms in total. The van der Waals surface area contributed by atoms with E-state index < -0.39 is 0 Å². The summed E-state index contributed by atoms with van der Waals surface area (Å²) < 4.78 is 0.479. The van der Waals surface area contributed by atoms with Crippen LogP contribution >= 0.6 is 0 Å². The molecule has 0 bridgehead atoms. The average Bonchev–Trinajstić information content (AvgIpc) is 1.77. The van der Waals surface area contributed by atoms with E-state index in [1.54, 1.807) is 0 Å². The van der Waals surface area contributed by atoms with Crippen LogP contribution in [-0.4, -0.2) is 24.7 Å². The van der Waals surface area contributed by atoms with Gasteiger partial charge in [0.2, 0.25) is 0 Å². The van der Waals surface area contributed by atoms with Crippen molar-refractivity contribution in [2.24, 2.45) is 16.2 Å². The first-order valence-corrected chi connectivity index (χ1v) is 7.78. The van der Waals surface area contributed by atoms with Crippen LogP contribution in [0.2, 0.25) is 3.12 Å². The predicted octanol–water partition coefficient (Wildman–Crippen LogP) is 3.92. The fourth-order valence-electron chi connectivity index (χ4n) is 3.38. The van der Waals surface area contributed by atoms with E-state index in [4.69, 9.17) is 0 Å². The first kappa shape index (κ1) is 14.9. The fourth-order valence-corrected chi connectivity index (χ4v) is 3.38. The third kappa shape index (κ3) is 2.34. The molecule has 0 heterocycles. The molecule has 1 heteroatoms.